The first-order chi connectivity index (χ1) is 11.1. The third kappa shape index (κ3) is 3.59. The van der Waals surface area contributed by atoms with E-state index in [2.05, 4.69) is 10.1 Å². The number of nitrogens with zero attached hydrogens (tertiary/aromatic N) is 3. The Balaban J connectivity index is 1.61. The Kier molecular flexibility index (Phi) is 4.71. The maximum atomic E-state index is 12.7. The van der Waals surface area contributed by atoms with E-state index in [4.69, 9.17) is 9.26 Å². The number of carbonyl (C=O) groups is 1. The zero-order valence-corrected chi connectivity index (χ0v) is 13.5. The smallest absolute Gasteiger partial charge is 0.259 e. The molecule has 1 atom stereocenters. The first kappa shape index (κ1) is 15.7. The number of hydrogen-bond donors (Lipinski definition) is 0. The van der Waals surface area contributed by atoms with Gasteiger partial charge in [-0.15, -0.1) is 0 Å². The molecule has 0 saturated carbocycles. The van der Waals surface area contributed by atoms with Crippen LogP contribution in [0.3, 0.4) is 0 Å². The number of piperidine rings is 1. The molecule has 1 saturated heterocycles. The largest absolute Gasteiger partial charge is 0.370 e. The highest BCUT2D eigenvalue weighted by Gasteiger charge is 2.28. The molecule has 0 spiro atoms. The standard InChI is InChI=1S/C17H21N3O3/c1-12-16(13(2)23-19-12)17(21)20-9-5-7-15(10-20)22-11-14-6-3-4-8-18-14/h3-4,6,8,15H,5,7,9-11H2,1-2H3. The second-order valence-corrected chi connectivity index (χ2v) is 5.85. The van der Waals surface area contributed by atoms with Crippen molar-refractivity contribution in [3.8, 4) is 0 Å². The summed E-state index contributed by atoms with van der Waals surface area (Å²) in [6.07, 6.45) is 3.68. The van der Waals surface area contributed by atoms with Gasteiger partial charge in [0.1, 0.15) is 11.3 Å². The number of aryl methyl sites for hydroxylation is 2. The van der Waals surface area contributed by atoms with Crippen LogP contribution >= 0.6 is 0 Å². The van der Waals surface area contributed by atoms with Gasteiger partial charge in [0.05, 0.1) is 24.1 Å². The molecule has 0 bridgehead atoms. The van der Waals surface area contributed by atoms with Crippen LogP contribution in [-0.4, -0.2) is 40.1 Å². The van der Waals surface area contributed by atoms with Crippen LogP contribution in [0, 0.1) is 13.8 Å². The van der Waals surface area contributed by atoms with E-state index in [-0.39, 0.29) is 12.0 Å². The lowest BCUT2D eigenvalue weighted by Crippen LogP contribution is -2.43. The number of rotatable bonds is 4. The molecule has 0 aliphatic carbocycles. The van der Waals surface area contributed by atoms with Crippen molar-refractivity contribution in [2.45, 2.75) is 39.4 Å². The highest BCUT2D eigenvalue weighted by molar-refractivity contribution is 5.96. The van der Waals surface area contributed by atoms with Crippen LogP contribution in [0.5, 0.6) is 0 Å². The third-order valence-electron chi connectivity index (χ3n) is 4.11. The fourth-order valence-corrected chi connectivity index (χ4v) is 2.89. The highest BCUT2D eigenvalue weighted by atomic mass is 16.5. The van der Waals surface area contributed by atoms with Crippen molar-refractivity contribution >= 4 is 5.91 Å². The molecule has 23 heavy (non-hydrogen) atoms. The molecule has 1 aliphatic heterocycles. The van der Waals surface area contributed by atoms with Gasteiger partial charge < -0.3 is 14.2 Å². The second kappa shape index (κ2) is 6.91. The van der Waals surface area contributed by atoms with Gasteiger partial charge in [-0.25, -0.2) is 0 Å². The van der Waals surface area contributed by atoms with Gasteiger partial charge in [-0.05, 0) is 38.8 Å². The number of carbonyl (C=O) groups excluding carboxylic acids is 1. The monoisotopic (exact) mass is 315 g/mol. The van der Waals surface area contributed by atoms with Crippen molar-refractivity contribution in [2.75, 3.05) is 13.1 Å². The summed E-state index contributed by atoms with van der Waals surface area (Å²) < 4.78 is 11.0. The zero-order chi connectivity index (χ0) is 16.2. The molecule has 3 heterocycles. The summed E-state index contributed by atoms with van der Waals surface area (Å²) in [4.78, 5) is 18.8. The summed E-state index contributed by atoms with van der Waals surface area (Å²) in [5, 5.41) is 3.87. The minimum Gasteiger partial charge on any atom is -0.370 e. The van der Waals surface area contributed by atoms with Gasteiger partial charge in [-0.3, -0.25) is 9.78 Å². The van der Waals surface area contributed by atoms with E-state index in [9.17, 15) is 4.79 Å². The summed E-state index contributed by atoms with van der Waals surface area (Å²) in [6, 6.07) is 5.77. The van der Waals surface area contributed by atoms with Gasteiger partial charge in [-0.1, -0.05) is 11.2 Å². The Labute approximate surface area is 135 Å². The van der Waals surface area contributed by atoms with Crippen molar-refractivity contribution in [3.63, 3.8) is 0 Å². The van der Waals surface area contributed by atoms with Gasteiger partial charge in [-0.2, -0.15) is 0 Å². The van der Waals surface area contributed by atoms with Gasteiger partial charge in [0.2, 0.25) is 0 Å². The van der Waals surface area contributed by atoms with Crippen LogP contribution in [0.4, 0.5) is 0 Å². The molecule has 1 amide bonds. The van der Waals surface area contributed by atoms with Crippen molar-refractivity contribution in [1.82, 2.24) is 15.0 Å². The van der Waals surface area contributed by atoms with Crippen molar-refractivity contribution in [1.29, 1.82) is 0 Å². The molecule has 0 N–H and O–H groups in total. The number of amides is 1. The summed E-state index contributed by atoms with van der Waals surface area (Å²) in [5.74, 6) is 0.552. The molecule has 0 radical (unpaired) electrons. The van der Waals surface area contributed by atoms with Gasteiger partial charge in [0.15, 0.2) is 0 Å². The zero-order valence-electron chi connectivity index (χ0n) is 13.5. The quantitative estimate of drug-likeness (QED) is 0.867. The fourth-order valence-electron chi connectivity index (χ4n) is 2.89. The molecular formula is C17H21N3O3. The Morgan fingerprint density at radius 1 is 1.43 bits per heavy atom. The van der Waals surface area contributed by atoms with Crippen LogP contribution < -0.4 is 0 Å². The predicted molar refractivity (Wildman–Crippen MR) is 83.9 cm³/mol. The summed E-state index contributed by atoms with van der Waals surface area (Å²) in [5.41, 5.74) is 2.13. The molecule has 0 aromatic carbocycles. The first-order valence-corrected chi connectivity index (χ1v) is 7.89. The van der Waals surface area contributed by atoms with E-state index in [1.165, 1.54) is 0 Å². The van der Waals surface area contributed by atoms with Gasteiger partial charge in [0.25, 0.3) is 5.91 Å². The number of likely N-dealkylation sites (tertiary alicyclic amines) is 1. The average Bonchev–Trinajstić information content (AvgIpc) is 2.92. The van der Waals surface area contributed by atoms with E-state index in [0.717, 1.165) is 25.1 Å². The molecule has 1 aliphatic rings. The van der Waals surface area contributed by atoms with Crippen LogP contribution in [0.1, 0.15) is 40.3 Å². The number of hydrogen-bond acceptors (Lipinski definition) is 5. The van der Waals surface area contributed by atoms with Crippen LogP contribution in [-0.2, 0) is 11.3 Å². The van der Waals surface area contributed by atoms with E-state index in [0.29, 0.717) is 30.2 Å². The van der Waals surface area contributed by atoms with Crippen molar-refractivity contribution in [2.24, 2.45) is 0 Å². The minimum atomic E-state index is -0.0209. The lowest BCUT2D eigenvalue weighted by atomic mass is 10.1. The maximum Gasteiger partial charge on any atom is 0.259 e. The van der Waals surface area contributed by atoms with Crippen molar-refractivity contribution in [3.05, 3.63) is 47.1 Å². The predicted octanol–water partition coefficient (Wildman–Crippen LogP) is 2.51. The molecule has 2 aromatic heterocycles. The number of pyridine rings is 1. The third-order valence-corrected chi connectivity index (χ3v) is 4.11. The van der Waals surface area contributed by atoms with Crippen LogP contribution in [0.15, 0.2) is 28.9 Å². The molecular weight excluding hydrogens is 294 g/mol. The Hall–Kier alpha value is -2.21. The van der Waals surface area contributed by atoms with Crippen LogP contribution in [0.2, 0.25) is 0 Å². The minimum absolute atomic E-state index is 0.0209. The van der Waals surface area contributed by atoms with E-state index < -0.39 is 0 Å². The van der Waals surface area contributed by atoms with E-state index in [1.54, 1.807) is 20.0 Å². The maximum absolute atomic E-state index is 12.7. The summed E-state index contributed by atoms with van der Waals surface area (Å²) in [6.45, 7) is 5.37. The molecule has 122 valence electrons. The van der Waals surface area contributed by atoms with Crippen LogP contribution in [0.25, 0.3) is 0 Å². The highest BCUT2D eigenvalue weighted by Crippen LogP contribution is 2.20. The average molecular weight is 315 g/mol. The Morgan fingerprint density at radius 2 is 2.30 bits per heavy atom. The second-order valence-electron chi connectivity index (χ2n) is 5.85. The molecule has 1 unspecified atom stereocenters. The topological polar surface area (TPSA) is 68.5 Å². The lowest BCUT2D eigenvalue weighted by molar-refractivity contribution is -0.00791. The first-order valence-electron chi connectivity index (χ1n) is 7.89. The molecule has 2 aromatic rings. The number of aromatic nitrogens is 2. The van der Waals surface area contributed by atoms with E-state index in [1.807, 2.05) is 23.1 Å². The molecule has 6 heteroatoms. The SMILES string of the molecule is Cc1noc(C)c1C(=O)N1CCCC(OCc2ccccn2)C1. The normalized spacial score (nSPS) is 18.2. The summed E-state index contributed by atoms with van der Waals surface area (Å²) in [7, 11) is 0. The molecule has 6 nitrogen and oxygen atoms in total. The Morgan fingerprint density at radius 3 is 3.00 bits per heavy atom. The molecule has 1 fully saturated rings. The van der Waals surface area contributed by atoms with Gasteiger partial charge >= 0.3 is 0 Å². The summed E-state index contributed by atoms with van der Waals surface area (Å²) >= 11 is 0. The fraction of sp³-hybridized carbons (Fsp3) is 0.471. The number of ether oxygens (including phenoxy) is 1. The lowest BCUT2D eigenvalue weighted by Gasteiger charge is -2.32. The Bertz CT molecular complexity index is 649. The van der Waals surface area contributed by atoms with Crippen molar-refractivity contribution < 1.29 is 14.1 Å². The van der Waals surface area contributed by atoms with E-state index >= 15 is 0 Å². The van der Waals surface area contributed by atoms with Gasteiger partial charge in [0, 0.05) is 19.3 Å². The molecule has 3 rings (SSSR count).